The quantitative estimate of drug-likeness (QED) is 0.293. The van der Waals surface area contributed by atoms with E-state index in [0.29, 0.717) is 37.2 Å². The number of aliphatic imine (C=N–C) groups is 1. The first-order valence-electron chi connectivity index (χ1n) is 8.96. The van der Waals surface area contributed by atoms with Gasteiger partial charge in [-0.05, 0) is 11.6 Å². The molecular formula is C17H26ClN7O2S. The van der Waals surface area contributed by atoms with Gasteiger partial charge in [-0.15, -0.1) is 10.2 Å². The highest BCUT2D eigenvalue weighted by Gasteiger charge is 2.05. The smallest absolute Gasteiger partial charge is 0.208 e. The van der Waals surface area contributed by atoms with Crippen LogP contribution in [-0.4, -0.2) is 55.0 Å². The van der Waals surface area contributed by atoms with Gasteiger partial charge < -0.3 is 15.2 Å². The van der Waals surface area contributed by atoms with E-state index in [-0.39, 0.29) is 6.54 Å². The van der Waals surface area contributed by atoms with Gasteiger partial charge in [-0.25, -0.2) is 18.1 Å². The first-order chi connectivity index (χ1) is 13.4. The van der Waals surface area contributed by atoms with Gasteiger partial charge in [0.25, 0.3) is 0 Å². The minimum atomic E-state index is -3.22. The second kappa shape index (κ2) is 11.0. The monoisotopic (exact) mass is 427 g/mol. The first-order valence-corrected chi connectivity index (χ1v) is 11.2. The van der Waals surface area contributed by atoms with Crippen molar-refractivity contribution < 1.29 is 8.42 Å². The number of aryl methyl sites for hydroxylation is 1. The van der Waals surface area contributed by atoms with E-state index in [0.717, 1.165) is 24.1 Å². The van der Waals surface area contributed by atoms with Crippen molar-refractivity contribution in [3.05, 3.63) is 47.0 Å². The van der Waals surface area contributed by atoms with Crippen LogP contribution < -0.4 is 15.4 Å². The van der Waals surface area contributed by atoms with Gasteiger partial charge in [0.05, 0.1) is 12.8 Å². The molecule has 2 rings (SSSR count). The molecule has 0 saturated heterocycles. The number of guanidine groups is 1. The number of nitrogens with one attached hydrogen (secondary N) is 3. The molecule has 9 nitrogen and oxygen atoms in total. The minimum Gasteiger partial charge on any atom is -0.355 e. The summed E-state index contributed by atoms with van der Waals surface area (Å²) < 4.78 is 26.8. The highest BCUT2D eigenvalue weighted by Crippen LogP contribution is 2.15. The number of hydrogen-bond donors (Lipinski definition) is 3. The molecule has 0 bridgehead atoms. The van der Waals surface area contributed by atoms with E-state index in [1.807, 2.05) is 35.8 Å². The average Bonchev–Trinajstić information content (AvgIpc) is 3.10. The molecule has 0 aliphatic heterocycles. The molecule has 0 spiro atoms. The van der Waals surface area contributed by atoms with Crippen molar-refractivity contribution in [1.29, 1.82) is 0 Å². The number of sulfonamides is 1. The summed E-state index contributed by atoms with van der Waals surface area (Å²) in [6, 6.07) is 7.51. The Morgan fingerprint density at radius 3 is 2.68 bits per heavy atom. The third-order valence-electron chi connectivity index (χ3n) is 3.80. The van der Waals surface area contributed by atoms with Crippen molar-refractivity contribution in [2.75, 3.05) is 25.9 Å². The molecule has 2 aromatic rings. The predicted octanol–water partition coefficient (Wildman–Crippen LogP) is 0.779. The summed E-state index contributed by atoms with van der Waals surface area (Å²) in [5, 5.41) is 15.0. The second-order valence-electron chi connectivity index (χ2n) is 6.07. The fourth-order valence-electron chi connectivity index (χ4n) is 2.42. The standard InChI is InChI=1S/C17H26ClN7O2S/c1-3-16-24-22-13-25(16)11-10-20-17(19-8-9-23-28(2,26)27)21-12-14-6-4-5-7-15(14)18/h4-7,13,23H,3,8-12H2,1-2H3,(H2,19,20,21). The van der Waals surface area contributed by atoms with Crippen LogP contribution in [0.3, 0.4) is 0 Å². The van der Waals surface area contributed by atoms with Crippen LogP contribution in [0.4, 0.5) is 0 Å². The maximum absolute atomic E-state index is 11.2. The van der Waals surface area contributed by atoms with Gasteiger partial charge in [-0.3, -0.25) is 0 Å². The molecule has 3 N–H and O–H groups in total. The predicted molar refractivity (Wildman–Crippen MR) is 111 cm³/mol. The minimum absolute atomic E-state index is 0.261. The Morgan fingerprint density at radius 1 is 1.21 bits per heavy atom. The SMILES string of the molecule is CCc1nncn1CCNC(=NCc1ccccc1Cl)NCCNS(C)(=O)=O. The van der Waals surface area contributed by atoms with E-state index in [2.05, 4.69) is 30.5 Å². The van der Waals surface area contributed by atoms with E-state index >= 15 is 0 Å². The zero-order valence-electron chi connectivity index (χ0n) is 16.0. The molecule has 0 radical (unpaired) electrons. The fourth-order valence-corrected chi connectivity index (χ4v) is 3.09. The van der Waals surface area contributed by atoms with E-state index in [4.69, 9.17) is 11.6 Å². The molecule has 1 heterocycles. The van der Waals surface area contributed by atoms with Crippen molar-refractivity contribution >= 4 is 27.6 Å². The number of halogens is 1. The zero-order chi connectivity index (χ0) is 20.4. The molecule has 1 aromatic heterocycles. The highest BCUT2D eigenvalue weighted by atomic mass is 35.5. The molecule has 0 fully saturated rings. The van der Waals surface area contributed by atoms with Gasteiger partial charge in [0.1, 0.15) is 12.2 Å². The van der Waals surface area contributed by atoms with Gasteiger partial charge in [-0.2, -0.15) is 0 Å². The van der Waals surface area contributed by atoms with Crippen LogP contribution in [0, 0.1) is 0 Å². The maximum Gasteiger partial charge on any atom is 0.208 e. The average molecular weight is 428 g/mol. The van der Waals surface area contributed by atoms with Crippen LogP contribution >= 0.6 is 11.6 Å². The molecule has 0 saturated carbocycles. The van der Waals surface area contributed by atoms with Gasteiger partial charge in [0.2, 0.25) is 10.0 Å². The highest BCUT2D eigenvalue weighted by molar-refractivity contribution is 7.88. The maximum atomic E-state index is 11.2. The third kappa shape index (κ3) is 7.83. The largest absolute Gasteiger partial charge is 0.355 e. The van der Waals surface area contributed by atoms with Crippen molar-refractivity contribution in [2.24, 2.45) is 4.99 Å². The first kappa shape index (κ1) is 22.1. The Labute approximate surface area is 170 Å². The van der Waals surface area contributed by atoms with Crippen LogP contribution in [0.15, 0.2) is 35.6 Å². The molecule has 0 aliphatic carbocycles. The van der Waals surface area contributed by atoms with Crippen LogP contribution in [0.2, 0.25) is 5.02 Å². The Kier molecular flexibility index (Phi) is 8.68. The third-order valence-corrected chi connectivity index (χ3v) is 4.90. The Morgan fingerprint density at radius 2 is 1.96 bits per heavy atom. The summed E-state index contributed by atoms with van der Waals surface area (Å²) in [5.74, 6) is 1.49. The van der Waals surface area contributed by atoms with E-state index in [1.54, 1.807) is 6.33 Å². The van der Waals surface area contributed by atoms with E-state index < -0.39 is 10.0 Å². The molecule has 154 valence electrons. The Balaban J connectivity index is 1.94. The van der Waals surface area contributed by atoms with Crippen molar-refractivity contribution in [1.82, 2.24) is 30.1 Å². The lowest BCUT2D eigenvalue weighted by molar-refractivity contribution is 0.586. The summed E-state index contributed by atoms with van der Waals surface area (Å²) in [6.07, 6.45) is 3.63. The summed E-state index contributed by atoms with van der Waals surface area (Å²) >= 11 is 6.19. The molecule has 0 unspecified atom stereocenters. The van der Waals surface area contributed by atoms with Crippen LogP contribution in [0.1, 0.15) is 18.3 Å². The zero-order valence-corrected chi connectivity index (χ0v) is 17.6. The van der Waals surface area contributed by atoms with E-state index in [9.17, 15) is 8.42 Å². The van der Waals surface area contributed by atoms with Crippen LogP contribution in [0.5, 0.6) is 0 Å². The topological polar surface area (TPSA) is 113 Å². The number of benzene rings is 1. The van der Waals surface area contributed by atoms with Gasteiger partial charge in [-0.1, -0.05) is 36.7 Å². The number of hydrogen-bond acceptors (Lipinski definition) is 5. The summed E-state index contributed by atoms with van der Waals surface area (Å²) in [4.78, 5) is 4.54. The molecule has 11 heteroatoms. The van der Waals surface area contributed by atoms with Gasteiger partial charge >= 0.3 is 0 Å². The Hall–Kier alpha value is -2.17. The lowest BCUT2D eigenvalue weighted by Crippen LogP contribution is -2.42. The second-order valence-corrected chi connectivity index (χ2v) is 8.31. The van der Waals surface area contributed by atoms with Crippen LogP contribution in [-0.2, 0) is 29.5 Å². The Bertz CT molecular complexity index is 883. The van der Waals surface area contributed by atoms with E-state index in [1.165, 1.54) is 0 Å². The molecule has 0 aliphatic rings. The van der Waals surface area contributed by atoms with Crippen LogP contribution in [0.25, 0.3) is 0 Å². The number of rotatable bonds is 10. The van der Waals surface area contributed by atoms with Gasteiger partial charge in [0.15, 0.2) is 5.96 Å². The number of aromatic nitrogens is 3. The lowest BCUT2D eigenvalue weighted by Gasteiger charge is -2.14. The lowest BCUT2D eigenvalue weighted by atomic mass is 10.2. The molecule has 28 heavy (non-hydrogen) atoms. The van der Waals surface area contributed by atoms with Crippen molar-refractivity contribution in [2.45, 2.75) is 26.4 Å². The van der Waals surface area contributed by atoms with Crippen molar-refractivity contribution in [3.63, 3.8) is 0 Å². The normalized spacial score (nSPS) is 12.2. The molecule has 0 amide bonds. The molecule has 0 atom stereocenters. The molecular weight excluding hydrogens is 402 g/mol. The summed E-state index contributed by atoms with van der Waals surface area (Å²) in [5.41, 5.74) is 0.909. The number of nitrogens with zero attached hydrogens (tertiary/aromatic N) is 4. The van der Waals surface area contributed by atoms with Gasteiger partial charge in [0, 0.05) is 37.6 Å². The molecule has 1 aromatic carbocycles. The fraction of sp³-hybridized carbons (Fsp3) is 0.471. The van der Waals surface area contributed by atoms with Crippen molar-refractivity contribution in [3.8, 4) is 0 Å². The summed E-state index contributed by atoms with van der Waals surface area (Å²) in [7, 11) is -3.22. The summed E-state index contributed by atoms with van der Waals surface area (Å²) in [6.45, 7) is 4.39.